The Morgan fingerprint density at radius 2 is 1.31 bits per heavy atom. The van der Waals surface area contributed by atoms with E-state index >= 15 is 0 Å². The number of ether oxygens (including phenoxy) is 5. The number of ketones is 1. The van der Waals surface area contributed by atoms with Gasteiger partial charge in [-0.2, -0.15) is 0 Å². The van der Waals surface area contributed by atoms with Crippen LogP contribution in [0.4, 0.5) is 0 Å². The van der Waals surface area contributed by atoms with Crippen LogP contribution in [0.3, 0.4) is 0 Å². The number of carbonyl (C=O) groups excluding carboxylic acids is 1. The summed E-state index contributed by atoms with van der Waals surface area (Å²) in [4.78, 5) is 12.6. The summed E-state index contributed by atoms with van der Waals surface area (Å²) >= 11 is 0. The monoisotopic (exact) mass is 360 g/mol. The lowest BCUT2D eigenvalue weighted by Crippen LogP contribution is -2.05. The van der Waals surface area contributed by atoms with E-state index in [1.165, 1.54) is 0 Å². The second-order valence-electron chi connectivity index (χ2n) is 5.50. The predicted octanol–water partition coefficient (Wildman–Crippen LogP) is 3.55. The molecule has 0 N–H and O–H groups in total. The highest BCUT2D eigenvalue weighted by molar-refractivity contribution is 5.96. The van der Waals surface area contributed by atoms with E-state index < -0.39 is 0 Å². The lowest BCUT2D eigenvalue weighted by Gasteiger charge is -2.15. The van der Waals surface area contributed by atoms with Crippen molar-refractivity contribution in [2.45, 2.75) is 12.8 Å². The summed E-state index contributed by atoms with van der Waals surface area (Å²) in [7, 11) is 7.83. The third-order valence-corrected chi connectivity index (χ3v) is 4.12. The topological polar surface area (TPSA) is 63.2 Å². The van der Waals surface area contributed by atoms with Crippen molar-refractivity contribution in [1.29, 1.82) is 0 Å². The largest absolute Gasteiger partial charge is 0.496 e. The molecule has 26 heavy (non-hydrogen) atoms. The summed E-state index contributed by atoms with van der Waals surface area (Å²) in [6, 6.07) is 8.69. The van der Waals surface area contributed by atoms with Crippen molar-refractivity contribution in [3.05, 3.63) is 41.5 Å². The molecule has 6 heteroatoms. The average molecular weight is 360 g/mol. The zero-order chi connectivity index (χ0) is 19.1. The Kier molecular flexibility index (Phi) is 6.72. The van der Waals surface area contributed by atoms with E-state index in [1.807, 2.05) is 0 Å². The maximum Gasteiger partial charge on any atom is 0.163 e. The number of benzene rings is 2. The fourth-order valence-corrected chi connectivity index (χ4v) is 2.72. The predicted molar refractivity (Wildman–Crippen MR) is 98.3 cm³/mol. The number of hydrogen-bond acceptors (Lipinski definition) is 6. The van der Waals surface area contributed by atoms with Crippen LogP contribution in [0, 0.1) is 0 Å². The van der Waals surface area contributed by atoms with Gasteiger partial charge in [-0.3, -0.25) is 4.79 Å². The first-order valence-electron chi connectivity index (χ1n) is 8.12. The summed E-state index contributed by atoms with van der Waals surface area (Å²) in [5, 5.41) is 0. The quantitative estimate of drug-likeness (QED) is 0.637. The van der Waals surface area contributed by atoms with Crippen LogP contribution in [-0.4, -0.2) is 41.3 Å². The standard InChI is InChI=1S/C20H24O6/c1-22-14-11-18(24-3)15(19(12-14)25-4)7-8-16(21)13-6-9-17(23-2)20(10-13)26-5/h6,9-12H,7-8H2,1-5H3. The third-order valence-electron chi connectivity index (χ3n) is 4.12. The molecule has 0 fully saturated rings. The Labute approximate surface area is 153 Å². The van der Waals surface area contributed by atoms with Crippen LogP contribution in [-0.2, 0) is 6.42 Å². The molecule has 0 aromatic heterocycles. The van der Waals surface area contributed by atoms with Gasteiger partial charge in [-0.15, -0.1) is 0 Å². The smallest absolute Gasteiger partial charge is 0.163 e. The average Bonchev–Trinajstić information content (AvgIpc) is 2.70. The molecule has 0 heterocycles. The number of methoxy groups -OCH3 is 5. The second kappa shape index (κ2) is 8.99. The number of rotatable bonds is 9. The molecule has 6 nitrogen and oxygen atoms in total. The summed E-state index contributed by atoms with van der Waals surface area (Å²) in [6.07, 6.45) is 0.776. The second-order valence-corrected chi connectivity index (χ2v) is 5.50. The van der Waals surface area contributed by atoms with E-state index in [9.17, 15) is 4.79 Å². The van der Waals surface area contributed by atoms with Gasteiger partial charge in [0.05, 0.1) is 35.5 Å². The minimum atomic E-state index is -0.00845. The molecule has 0 aliphatic carbocycles. The van der Waals surface area contributed by atoms with E-state index in [1.54, 1.807) is 65.9 Å². The summed E-state index contributed by atoms with van der Waals surface area (Å²) in [5.41, 5.74) is 1.39. The first-order valence-corrected chi connectivity index (χ1v) is 8.12. The van der Waals surface area contributed by atoms with E-state index in [4.69, 9.17) is 23.7 Å². The molecule has 0 spiro atoms. The van der Waals surface area contributed by atoms with E-state index in [2.05, 4.69) is 0 Å². The van der Waals surface area contributed by atoms with Gasteiger partial charge >= 0.3 is 0 Å². The molecule has 0 radical (unpaired) electrons. The van der Waals surface area contributed by atoms with E-state index in [-0.39, 0.29) is 5.78 Å². The van der Waals surface area contributed by atoms with Crippen LogP contribution in [0.2, 0.25) is 0 Å². The first-order chi connectivity index (χ1) is 12.6. The molecule has 0 saturated heterocycles. The van der Waals surface area contributed by atoms with Crippen LogP contribution in [0.5, 0.6) is 28.7 Å². The SMILES string of the molecule is COc1cc(OC)c(CCC(=O)c2ccc(OC)c(OC)c2)c(OC)c1. The zero-order valence-corrected chi connectivity index (χ0v) is 15.8. The van der Waals surface area contributed by atoms with Crippen molar-refractivity contribution in [3.8, 4) is 28.7 Å². The van der Waals surface area contributed by atoms with Gasteiger partial charge in [0, 0.05) is 29.7 Å². The Hall–Kier alpha value is -2.89. The van der Waals surface area contributed by atoms with Crippen molar-refractivity contribution in [3.63, 3.8) is 0 Å². The van der Waals surface area contributed by atoms with Gasteiger partial charge in [0.15, 0.2) is 17.3 Å². The van der Waals surface area contributed by atoms with E-state index in [0.29, 0.717) is 47.2 Å². The van der Waals surface area contributed by atoms with Gasteiger partial charge in [-0.1, -0.05) is 0 Å². The highest BCUT2D eigenvalue weighted by atomic mass is 16.5. The van der Waals surface area contributed by atoms with Crippen LogP contribution in [0.25, 0.3) is 0 Å². The minimum Gasteiger partial charge on any atom is -0.496 e. The van der Waals surface area contributed by atoms with Crippen LogP contribution in [0.15, 0.2) is 30.3 Å². The first kappa shape index (κ1) is 19.4. The highest BCUT2D eigenvalue weighted by Crippen LogP contribution is 2.35. The number of hydrogen-bond donors (Lipinski definition) is 0. The third kappa shape index (κ3) is 4.20. The van der Waals surface area contributed by atoms with Gasteiger partial charge in [-0.25, -0.2) is 0 Å². The van der Waals surface area contributed by atoms with Crippen LogP contribution < -0.4 is 23.7 Å². The Balaban J connectivity index is 2.22. The number of Topliss-reactive ketones (excluding diaryl/α,β-unsaturated/α-hetero) is 1. The van der Waals surface area contributed by atoms with Gasteiger partial charge in [-0.05, 0) is 24.6 Å². The van der Waals surface area contributed by atoms with Gasteiger partial charge in [0.2, 0.25) is 0 Å². The molecule has 0 bridgehead atoms. The molecule has 2 aromatic rings. The molecule has 0 aliphatic rings. The summed E-state index contributed by atoms with van der Waals surface area (Å²) in [5.74, 6) is 2.99. The molecule has 0 amide bonds. The van der Waals surface area contributed by atoms with E-state index in [0.717, 1.165) is 5.56 Å². The molecular weight excluding hydrogens is 336 g/mol. The molecule has 2 rings (SSSR count). The summed E-state index contributed by atoms with van der Waals surface area (Å²) < 4.78 is 26.6. The van der Waals surface area contributed by atoms with Gasteiger partial charge in [0.25, 0.3) is 0 Å². The highest BCUT2D eigenvalue weighted by Gasteiger charge is 2.16. The molecule has 0 atom stereocenters. The zero-order valence-electron chi connectivity index (χ0n) is 15.8. The van der Waals surface area contributed by atoms with Crippen LogP contribution >= 0.6 is 0 Å². The molecule has 0 saturated carbocycles. The molecule has 0 unspecified atom stereocenters. The van der Waals surface area contributed by atoms with Crippen molar-refractivity contribution >= 4 is 5.78 Å². The van der Waals surface area contributed by atoms with Crippen molar-refractivity contribution in [1.82, 2.24) is 0 Å². The maximum absolute atomic E-state index is 12.6. The normalized spacial score (nSPS) is 10.2. The lowest BCUT2D eigenvalue weighted by molar-refractivity contribution is 0.0982. The Morgan fingerprint density at radius 1 is 0.731 bits per heavy atom. The molecule has 0 aliphatic heterocycles. The van der Waals surface area contributed by atoms with Gasteiger partial charge in [0.1, 0.15) is 17.2 Å². The minimum absolute atomic E-state index is 0.00845. The Morgan fingerprint density at radius 3 is 1.81 bits per heavy atom. The molecule has 2 aromatic carbocycles. The summed E-state index contributed by atoms with van der Waals surface area (Å²) in [6.45, 7) is 0. The van der Waals surface area contributed by atoms with Crippen molar-refractivity contribution in [2.24, 2.45) is 0 Å². The van der Waals surface area contributed by atoms with Gasteiger partial charge < -0.3 is 23.7 Å². The number of carbonyl (C=O) groups is 1. The fourth-order valence-electron chi connectivity index (χ4n) is 2.72. The molecule has 140 valence electrons. The Bertz CT molecular complexity index is 744. The fraction of sp³-hybridized carbons (Fsp3) is 0.350. The molecular formula is C20H24O6. The van der Waals surface area contributed by atoms with Crippen molar-refractivity contribution < 1.29 is 28.5 Å². The maximum atomic E-state index is 12.6. The lowest BCUT2D eigenvalue weighted by atomic mass is 10.0. The van der Waals surface area contributed by atoms with Crippen molar-refractivity contribution in [2.75, 3.05) is 35.5 Å². The van der Waals surface area contributed by atoms with Crippen LogP contribution in [0.1, 0.15) is 22.3 Å².